The Bertz CT molecular complexity index is 104. The molecule has 4 N–H and O–H groups in total. The molecule has 10 heavy (non-hydrogen) atoms. The highest BCUT2D eigenvalue weighted by molar-refractivity contribution is 5.79. The lowest BCUT2D eigenvalue weighted by Gasteiger charge is -2.04. The average Bonchev–Trinajstić information content (AvgIpc) is 1.88. The van der Waals surface area contributed by atoms with Crippen LogP contribution in [0.3, 0.4) is 0 Å². The monoisotopic (exact) mass is 144 g/mol. The second-order valence-corrected chi connectivity index (χ2v) is 2.50. The Morgan fingerprint density at radius 2 is 2.10 bits per heavy atom. The van der Waals surface area contributed by atoms with E-state index in [2.05, 4.69) is 6.92 Å². The van der Waals surface area contributed by atoms with Gasteiger partial charge in [0.05, 0.1) is 6.04 Å². The van der Waals surface area contributed by atoms with Gasteiger partial charge in [-0.3, -0.25) is 4.79 Å². The maximum Gasteiger partial charge on any atom is 0.234 e. The highest BCUT2D eigenvalue weighted by Crippen LogP contribution is 2.00. The van der Waals surface area contributed by atoms with E-state index in [0.717, 1.165) is 25.7 Å². The quantitative estimate of drug-likeness (QED) is 0.548. The van der Waals surface area contributed by atoms with Crippen molar-refractivity contribution in [2.24, 2.45) is 11.5 Å². The second-order valence-electron chi connectivity index (χ2n) is 2.50. The number of carbonyl (C=O) groups excluding carboxylic acids is 1. The topological polar surface area (TPSA) is 69.1 Å². The molecule has 1 atom stereocenters. The van der Waals surface area contributed by atoms with Gasteiger partial charge in [-0.05, 0) is 6.42 Å². The van der Waals surface area contributed by atoms with Crippen molar-refractivity contribution in [2.75, 3.05) is 0 Å². The summed E-state index contributed by atoms with van der Waals surface area (Å²) in [5.74, 6) is -0.392. The summed E-state index contributed by atoms with van der Waals surface area (Å²) < 4.78 is 0. The molecule has 3 nitrogen and oxygen atoms in total. The predicted octanol–water partition coefficient (Wildman–Crippen LogP) is 0.379. The Kier molecular flexibility index (Phi) is 4.94. The fourth-order valence-corrected chi connectivity index (χ4v) is 0.757. The van der Waals surface area contributed by atoms with Crippen LogP contribution in [0.15, 0.2) is 0 Å². The van der Waals surface area contributed by atoms with Crippen molar-refractivity contribution < 1.29 is 4.79 Å². The van der Waals surface area contributed by atoms with Crippen LogP contribution in [0.1, 0.15) is 32.6 Å². The minimum atomic E-state index is -0.438. The molecule has 0 fully saturated rings. The molecule has 0 radical (unpaired) electrons. The minimum Gasteiger partial charge on any atom is -0.368 e. The van der Waals surface area contributed by atoms with Crippen molar-refractivity contribution in [3.8, 4) is 0 Å². The predicted molar refractivity (Wildman–Crippen MR) is 41.3 cm³/mol. The molecule has 0 aromatic heterocycles. The molecule has 0 heterocycles. The molecule has 60 valence electrons. The Labute approximate surface area is 61.8 Å². The highest BCUT2D eigenvalue weighted by Gasteiger charge is 2.06. The van der Waals surface area contributed by atoms with Gasteiger partial charge in [-0.1, -0.05) is 26.2 Å². The molecule has 3 heteroatoms. The van der Waals surface area contributed by atoms with Gasteiger partial charge in [0.2, 0.25) is 5.91 Å². The van der Waals surface area contributed by atoms with Crippen molar-refractivity contribution in [3.05, 3.63) is 0 Å². The number of hydrogen-bond donors (Lipinski definition) is 2. The van der Waals surface area contributed by atoms with E-state index >= 15 is 0 Å². The maximum atomic E-state index is 10.4. The number of carbonyl (C=O) groups is 1. The van der Waals surface area contributed by atoms with E-state index in [4.69, 9.17) is 11.5 Å². The highest BCUT2D eigenvalue weighted by atomic mass is 16.1. The van der Waals surface area contributed by atoms with Gasteiger partial charge in [-0.25, -0.2) is 0 Å². The third kappa shape index (κ3) is 4.32. The zero-order chi connectivity index (χ0) is 7.98. The number of amides is 1. The van der Waals surface area contributed by atoms with Gasteiger partial charge in [-0.2, -0.15) is 0 Å². The Morgan fingerprint density at radius 3 is 2.50 bits per heavy atom. The van der Waals surface area contributed by atoms with Crippen molar-refractivity contribution in [3.63, 3.8) is 0 Å². The molecule has 0 aliphatic heterocycles. The first-order valence-electron chi connectivity index (χ1n) is 3.73. The Balaban J connectivity index is 3.21. The number of nitrogens with two attached hydrogens (primary N) is 2. The minimum absolute atomic E-state index is 0.392. The number of hydrogen-bond acceptors (Lipinski definition) is 2. The SMILES string of the molecule is CCCCC[C@@H](N)C(N)=O. The summed E-state index contributed by atoms with van der Waals surface area (Å²) in [4.78, 5) is 10.4. The Hall–Kier alpha value is -0.570. The van der Waals surface area contributed by atoms with Crippen LogP contribution in [-0.4, -0.2) is 11.9 Å². The molecule has 0 saturated carbocycles. The molecule has 1 amide bonds. The van der Waals surface area contributed by atoms with E-state index in [0.29, 0.717) is 0 Å². The van der Waals surface area contributed by atoms with Crippen LogP contribution in [-0.2, 0) is 4.79 Å². The van der Waals surface area contributed by atoms with Crippen molar-refractivity contribution in [2.45, 2.75) is 38.6 Å². The van der Waals surface area contributed by atoms with E-state index in [1.165, 1.54) is 0 Å². The second kappa shape index (κ2) is 5.23. The van der Waals surface area contributed by atoms with Gasteiger partial charge >= 0.3 is 0 Å². The fraction of sp³-hybridized carbons (Fsp3) is 0.857. The molecule has 0 aromatic rings. The van der Waals surface area contributed by atoms with Gasteiger partial charge in [0.25, 0.3) is 0 Å². The van der Waals surface area contributed by atoms with E-state index in [1.54, 1.807) is 0 Å². The molecule has 0 bridgehead atoms. The molecule has 0 aromatic carbocycles. The average molecular weight is 144 g/mol. The molecular weight excluding hydrogens is 128 g/mol. The van der Waals surface area contributed by atoms with Crippen LogP contribution in [0, 0.1) is 0 Å². The third-order valence-electron chi connectivity index (χ3n) is 1.48. The summed E-state index contributed by atoms with van der Waals surface area (Å²) in [6, 6.07) is -0.438. The molecule has 0 saturated heterocycles. The smallest absolute Gasteiger partial charge is 0.234 e. The summed E-state index contributed by atoms with van der Waals surface area (Å²) in [5.41, 5.74) is 10.3. The maximum absolute atomic E-state index is 10.4. The van der Waals surface area contributed by atoms with Crippen molar-refractivity contribution >= 4 is 5.91 Å². The summed E-state index contributed by atoms with van der Waals surface area (Å²) in [6.07, 6.45) is 4.00. The van der Waals surface area contributed by atoms with Crippen molar-refractivity contribution in [1.29, 1.82) is 0 Å². The lowest BCUT2D eigenvalue weighted by Crippen LogP contribution is -2.36. The zero-order valence-corrected chi connectivity index (χ0v) is 6.47. The number of unbranched alkanes of at least 4 members (excludes halogenated alkanes) is 2. The lowest BCUT2D eigenvalue weighted by molar-refractivity contribution is -0.119. The standard InChI is InChI=1S/C7H16N2O/c1-2-3-4-5-6(8)7(9)10/h6H,2-5,8H2,1H3,(H2,9,10)/t6-/m1/s1. The molecule has 0 aliphatic carbocycles. The van der Waals surface area contributed by atoms with E-state index < -0.39 is 11.9 Å². The van der Waals surface area contributed by atoms with Gasteiger partial charge in [0, 0.05) is 0 Å². The third-order valence-corrected chi connectivity index (χ3v) is 1.48. The van der Waals surface area contributed by atoms with Gasteiger partial charge in [0.15, 0.2) is 0 Å². The molecule has 0 spiro atoms. The summed E-state index contributed by atoms with van der Waals surface area (Å²) in [6.45, 7) is 2.11. The first kappa shape index (κ1) is 9.43. The fourth-order valence-electron chi connectivity index (χ4n) is 0.757. The number of primary amides is 1. The normalized spacial score (nSPS) is 13.0. The summed E-state index contributed by atoms with van der Waals surface area (Å²) >= 11 is 0. The zero-order valence-electron chi connectivity index (χ0n) is 6.47. The summed E-state index contributed by atoms with van der Waals surface area (Å²) in [7, 11) is 0. The van der Waals surface area contributed by atoms with Gasteiger partial charge in [-0.15, -0.1) is 0 Å². The van der Waals surface area contributed by atoms with Crippen LogP contribution in [0.2, 0.25) is 0 Å². The lowest BCUT2D eigenvalue weighted by atomic mass is 10.1. The molecule has 0 unspecified atom stereocenters. The Morgan fingerprint density at radius 1 is 1.50 bits per heavy atom. The van der Waals surface area contributed by atoms with Crippen LogP contribution in [0.4, 0.5) is 0 Å². The van der Waals surface area contributed by atoms with E-state index in [1.807, 2.05) is 0 Å². The van der Waals surface area contributed by atoms with Crippen LogP contribution >= 0.6 is 0 Å². The molecular formula is C7H16N2O. The number of rotatable bonds is 5. The summed E-state index contributed by atoms with van der Waals surface area (Å²) in [5, 5.41) is 0. The van der Waals surface area contributed by atoms with Crippen LogP contribution < -0.4 is 11.5 Å². The first-order chi connectivity index (χ1) is 4.68. The molecule has 0 rings (SSSR count). The van der Waals surface area contributed by atoms with Crippen LogP contribution in [0.25, 0.3) is 0 Å². The largest absolute Gasteiger partial charge is 0.368 e. The van der Waals surface area contributed by atoms with Crippen LogP contribution in [0.5, 0.6) is 0 Å². The first-order valence-corrected chi connectivity index (χ1v) is 3.73. The van der Waals surface area contributed by atoms with E-state index in [9.17, 15) is 4.79 Å². The van der Waals surface area contributed by atoms with E-state index in [-0.39, 0.29) is 0 Å². The van der Waals surface area contributed by atoms with Crippen molar-refractivity contribution in [1.82, 2.24) is 0 Å². The molecule has 0 aliphatic rings. The van der Waals surface area contributed by atoms with Gasteiger partial charge in [0.1, 0.15) is 0 Å². The van der Waals surface area contributed by atoms with Gasteiger partial charge < -0.3 is 11.5 Å².